The second-order valence-electron chi connectivity index (χ2n) is 13.8. The third-order valence-corrected chi connectivity index (χ3v) is 11.6. The number of carbonyl (C=O) groups is 3. The molecule has 58 heavy (non-hydrogen) atoms. The first-order chi connectivity index (χ1) is 27.6. The van der Waals surface area contributed by atoms with Gasteiger partial charge in [0, 0.05) is 52.1 Å². The molecule has 4 N–H and O–H groups in total. The lowest BCUT2D eigenvalue weighted by Gasteiger charge is -2.25. The van der Waals surface area contributed by atoms with Crippen molar-refractivity contribution in [2.45, 2.75) is 57.9 Å². The van der Waals surface area contributed by atoms with E-state index in [0.29, 0.717) is 23.2 Å². The zero-order chi connectivity index (χ0) is 42.0. The number of nitrogens with one attached hydrogen (secondary N) is 4. The van der Waals surface area contributed by atoms with Crippen molar-refractivity contribution in [3.05, 3.63) is 156 Å². The summed E-state index contributed by atoms with van der Waals surface area (Å²) in [5, 5.41) is 25.0. The lowest BCUT2D eigenvalue weighted by atomic mass is 10.0. The van der Waals surface area contributed by atoms with Gasteiger partial charge in [-0.1, -0.05) is 70.5 Å². The predicted octanol–water partition coefficient (Wildman–Crippen LogP) is 6.47. The number of thiazole rings is 1. The van der Waals surface area contributed by atoms with Gasteiger partial charge in [-0.05, 0) is 67.8 Å². The van der Waals surface area contributed by atoms with Gasteiger partial charge in [0.15, 0.2) is 0 Å². The minimum absolute atomic E-state index is 0.0414. The van der Waals surface area contributed by atoms with E-state index in [0.717, 1.165) is 20.6 Å². The van der Waals surface area contributed by atoms with Crippen molar-refractivity contribution in [1.29, 1.82) is 0 Å². The molecular weight excluding hydrogens is 847 g/mol. The summed E-state index contributed by atoms with van der Waals surface area (Å²) in [6, 6.07) is 24.6. The summed E-state index contributed by atoms with van der Waals surface area (Å²) < 4.78 is 28.6. The maximum atomic E-state index is 14.2. The molecule has 4 atom stereocenters. The van der Waals surface area contributed by atoms with E-state index >= 15 is 0 Å². The van der Waals surface area contributed by atoms with E-state index in [1.54, 1.807) is 55.8 Å². The Kier molecular flexibility index (Phi) is 14.9. The van der Waals surface area contributed by atoms with Crippen molar-refractivity contribution < 1.29 is 27.7 Å². The standard InChI is InChI=1S/C41H44BrN7O7S2/c1-26(31-12-16-37(17-13-31)49(53)54)45-39(50)28(3)43-22-35(21-36-24-57-25-44-36)47-41(52)33-18-32(40(51)46-27(2)30-10-14-34(42)15-11-30)19-38(20-33)48(58(4,55)56)23-29-8-6-5-7-9-29/h5-20,24-28,35,43H,21-23H2,1-4H3,(H,45,50)(H,46,51)(H,47,52)/t26-,27-,28+,35+/m1/s1. The second-order valence-corrected chi connectivity index (χ2v) is 17.4. The third kappa shape index (κ3) is 12.3. The fraction of sp³-hybridized carbons (Fsp3) is 0.268. The zero-order valence-corrected chi connectivity index (χ0v) is 35.4. The van der Waals surface area contributed by atoms with E-state index in [1.165, 1.54) is 41.7 Å². The van der Waals surface area contributed by atoms with Crippen LogP contribution >= 0.6 is 27.3 Å². The molecule has 3 amide bonds. The maximum absolute atomic E-state index is 14.2. The number of anilines is 1. The highest BCUT2D eigenvalue weighted by atomic mass is 79.9. The van der Waals surface area contributed by atoms with Gasteiger partial charge in [-0.15, -0.1) is 11.3 Å². The Morgan fingerprint density at radius 1 is 0.845 bits per heavy atom. The number of nitro benzene ring substituents is 1. The van der Waals surface area contributed by atoms with Crippen molar-refractivity contribution in [1.82, 2.24) is 26.3 Å². The largest absolute Gasteiger partial charge is 0.348 e. The Hall–Kier alpha value is -5.49. The highest BCUT2D eigenvalue weighted by molar-refractivity contribution is 9.10. The fourth-order valence-electron chi connectivity index (χ4n) is 6.03. The van der Waals surface area contributed by atoms with E-state index in [-0.39, 0.29) is 41.5 Å². The monoisotopic (exact) mass is 889 g/mol. The van der Waals surface area contributed by atoms with Gasteiger partial charge in [-0.3, -0.25) is 28.8 Å². The zero-order valence-electron chi connectivity index (χ0n) is 32.2. The van der Waals surface area contributed by atoms with Gasteiger partial charge < -0.3 is 21.3 Å². The molecule has 0 aliphatic heterocycles. The van der Waals surface area contributed by atoms with Crippen LogP contribution in [0, 0.1) is 10.1 Å². The molecule has 1 aromatic heterocycles. The molecular formula is C41H44BrN7O7S2. The van der Waals surface area contributed by atoms with Crippen LogP contribution < -0.4 is 25.6 Å². The Morgan fingerprint density at radius 3 is 2.00 bits per heavy atom. The van der Waals surface area contributed by atoms with E-state index < -0.39 is 50.9 Å². The van der Waals surface area contributed by atoms with Crippen LogP contribution in [-0.2, 0) is 27.8 Å². The van der Waals surface area contributed by atoms with Gasteiger partial charge >= 0.3 is 0 Å². The third-order valence-electron chi connectivity index (χ3n) is 9.32. The Labute approximate surface area is 349 Å². The maximum Gasteiger partial charge on any atom is 0.269 e. The molecule has 1 heterocycles. The number of halogens is 1. The minimum atomic E-state index is -3.90. The first-order valence-corrected chi connectivity index (χ1v) is 21.8. The van der Waals surface area contributed by atoms with E-state index in [9.17, 15) is 32.9 Å². The van der Waals surface area contributed by atoms with Crippen molar-refractivity contribution >= 4 is 66.4 Å². The molecule has 0 saturated carbocycles. The minimum Gasteiger partial charge on any atom is -0.348 e. The van der Waals surface area contributed by atoms with E-state index in [2.05, 4.69) is 42.2 Å². The molecule has 4 aromatic carbocycles. The van der Waals surface area contributed by atoms with Gasteiger partial charge in [-0.25, -0.2) is 13.4 Å². The lowest BCUT2D eigenvalue weighted by molar-refractivity contribution is -0.384. The SMILES string of the molecule is C[C@H](NC[C@H](Cc1cscn1)NC(=O)c1cc(C(=O)N[C@H](C)c2ccc(Br)cc2)cc(N(Cc2ccccc2)S(C)(=O)=O)c1)C(=O)N[C@H](C)c1ccc([N+](=O)[O-])cc1. The molecule has 5 rings (SSSR count). The molecule has 0 bridgehead atoms. The Bertz CT molecular complexity index is 2310. The van der Waals surface area contributed by atoms with Gasteiger partial charge in [0.2, 0.25) is 15.9 Å². The number of rotatable bonds is 18. The average Bonchev–Trinajstić information content (AvgIpc) is 3.72. The van der Waals surface area contributed by atoms with Crippen molar-refractivity contribution in [3.63, 3.8) is 0 Å². The van der Waals surface area contributed by atoms with Crippen LogP contribution in [-0.4, -0.2) is 60.9 Å². The number of carbonyl (C=O) groups excluding carboxylic acids is 3. The predicted molar refractivity (Wildman–Crippen MR) is 228 cm³/mol. The van der Waals surface area contributed by atoms with Gasteiger partial charge in [-0.2, -0.15) is 0 Å². The number of nitrogens with zero attached hydrogens (tertiary/aromatic N) is 3. The molecule has 0 saturated heterocycles. The first kappa shape index (κ1) is 43.6. The number of aromatic nitrogens is 1. The molecule has 0 fully saturated rings. The van der Waals surface area contributed by atoms with Crippen molar-refractivity contribution in [2.75, 3.05) is 17.1 Å². The Morgan fingerprint density at radius 2 is 1.43 bits per heavy atom. The van der Waals surface area contributed by atoms with Crippen LogP contribution in [0.4, 0.5) is 11.4 Å². The fourth-order valence-corrected chi connectivity index (χ4v) is 7.74. The summed E-state index contributed by atoms with van der Waals surface area (Å²) in [4.78, 5) is 56.1. The summed E-state index contributed by atoms with van der Waals surface area (Å²) in [7, 11) is -3.90. The smallest absolute Gasteiger partial charge is 0.269 e. The summed E-state index contributed by atoms with van der Waals surface area (Å²) in [6.45, 7) is 5.37. The highest BCUT2D eigenvalue weighted by Crippen LogP contribution is 2.26. The van der Waals surface area contributed by atoms with Gasteiger partial charge in [0.05, 0.1) is 52.7 Å². The number of non-ortho nitro benzene ring substituents is 1. The molecule has 0 radical (unpaired) electrons. The number of hydrogen-bond donors (Lipinski definition) is 4. The number of amides is 3. The Balaban J connectivity index is 1.39. The first-order valence-electron chi connectivity index (χ1n) is 18.3. The summed E-state index contributed by atoms with van der Waals surface area (Å²) in [5.41, 5.74) is 4.82. The van der Waals surface area contributed by atoms with Gasteiger partial charge in [0.1, 0.15) is 0 Å². The van der Waals surface area contributed by atoms with Crippen LogP contribution in [0.5, 0.6) is 0 Å². The molecule has 5 aromatic rings. The van der Waals surface area contributed by atoms with Crippen LogP contribution in [0.2, 0.25) is 0 Å². The number of sulfonamides is 1. The highest BCUT2D eigenvalue weighted by Gasteiger charge is 2.25. The molecule has 0 aliphatic rings. The summed E-state index contributed by atoms with van der Waals surface area (Å²) >= 11 is 4.82. The van der Waals surface area contributed by atoms with Crippen molar-refractivity contribution in [3.8, 4) is 0 Å². The molecule has 0 spiro atoms. The number of nitro groups is 1. The van der Waals surface area contributed by atoms with Crippen LogP contribution in [0.3, 0.4) is 0 Å². The normalized spacial score (nSPS) is 13.4. The summed E-state index contributed by atoms with van der Waals surface area (Å²) in [5.74, 6) is -1.41. The molecule has 14 nitrogen and oxygen atoms in total. The average molecular weight is 891 g/mol. The van der Waals surface area contributed by atoms with Crippen molar-refractivity contribution in [2.24, 2.45) is 0 Å². The van der Waals surface area contributed by atoms with E-state index in [4.69, 9.17) is 0 Å². The summed E-state index contributed by atoms with van der Waals surface area (Å²) in [6.07, 6.45) is 1.37. The second kappa shape index (κ2) is 19.8. The lowest BCUT2D eigenvalue weighted by Crippen LogP contribution is -2.50. The van der Waals surface area contributed by atoms with Crippen LogP contribution in [0.25, 0.3) is 0 Å². The van der Waals surface area contributed by atoms with E-state index in [1.807, 2.05) is 42.6 Å². The molecule has 0 aliphatic carbocycles. The van der Waals surface area contributed by atoms with Crippen LogP contribution in [0.15, 0.2) is 112 Å². The number of hydrogen-bond acceptors (Lipinski definition) is 10. The molecule has 17 heteroatoms. The van der Waals surface area contributed by atoms with Crippen LogP contribution in [0.1, 0.15) is 76.0 Å². The number of benzene rings is 4. The van der Waals surface area contributed by atoms with Gasteiger partial charge in [0.25, 0.3) is 17.5 Å². The molecule has 304 valence electrons. The quantitative estimate of drug-likeness (QED) is 0.0564. The molecule has 0 unspecified atom stereocenters. The topological polar surface area (TPSA) is 193 Å².